The second kappa shape index (κ2) is 14.3. The van der Waals surface area contributed by atoms with Gasteiger partial charge in [0.25, 0.3) is 0 Å². The quantitative estimate of drug-likeness (QED) is 0.110. The molecule has 0 aliphatic heterocycles. The summed E-state index contributed by atoms with van der Waals surface area (Å²) >= 11 is 0. The number of primary amides is 2. The number of aliphatic carboxylic acids is 2. The number of carboxylic acid groups (broad SMARTS) is 2. The Bertz CT molecular complexity index is 742. The molecule has 0 heterocycles. The Morgan fingerprint density at radius 3 is 1.62 bits per heavy atom. The van der Waals surface area contributed by atoms with Gasteiger partial charge >= 0.3 is 11.9 Å². The average Bonchev–Trinajstić information content (AvgIpc) is 2.69. The lowest BCUT2D eigenvalue weighted by molar-refractivity contribution is -0.140. The van der Waals surface area contributed by atoms with Crippen molar-refractivity contribution in [1.82, 2.24) is 16.0 Å². The van der Waals surface area contributed by atoms with Crippen LogP contribution in [0.3, 0.4) is 0 Å². The van der Waals surface area contributed by atoms with Gasteiger partial charge in [-0.05, 0) is 19.3 Å². The Morgan fingerprint density at radius 2 is 1.12 bits per heavy atom. The largest absolute Gasteiger partial charge is 0.481 e. The van der Waals surface area contributed by atoms with E-state index in [1.165, 1.54) is 0 Å². The van der Waals surface area contributed by atoms with Gasteiger partial charge < -0.3 is 43.4 Å². The first-order valence-corrected chi connectivity index (χ1v) is 9.47. The van der Waals surface area contributed by atoms with Crippen LogP contribution >= 0.6 is 0 Å². The zero-order valence-corrected chi connectivity index (χ0v) is 17.2. The predicted octanol–water partition coefficient (Wildman–Crippen LogP) is -4.12. The number of carbonyl (C=O) groups excluding carboxylic acids is 5. The summed E-state index contributed by atoms with van der Waals surface area (Å²) in [6.07, 6.45) is -1.78. The second-order valence-corrected chi connectivity index (χ2v) is 6.78. The summed E-state index contributed by atoms with van der Waals surface area (Å²) in [5, 5.41) is 24.0. The molecule has 0 spiro atoms. The van der Waals surface area contributed by atoms with Crippen LogP contribution < -0.4 is 33.2 Å². The lowest BCUT2D eigenvalue weighted by atomic mass is 10.1. The van der Waals surface area contributed by atoms with Gasteiger partial charge in [-0.3, -0.25) is 33.6 Å². The van der Waals surface area contributed by atoms with Gasteiger partial charge in [0, 0.05) is 19.3 Å². The van der Waals surface area contributed by atoms with Crippen molar-refractivity contribution < 1.29 is 43.8 Å². The van der Waals surface area contributed by atoms with E-state index in [-0.39, 0.29) is 32.1 Å². The van der Waals surface area contributed by atoms with Crippen LogP contribution in [0.25, 0.3) is 0 Å². The van der Waals surface area contributed by atoms with Crippen LogP contribution in [0.4, 0.5) is 0 Å². The first-order valence-electron chi connectivity index (χ1n) is 9.47. The van der Waals surface area contributed by atoms with Crippen molar-refractivity contribution in [2.24, 2.45) is 17.2 Å². The topological polar surface area (TPSA) is 274 Å². The van der Waals surface area contributed by atoms with Gasteiger partial charge in [-0.15, -0.1) is 0 Å². The van der Waals surface area contributed by atoms with E-state index in [2.05, 4.69) is 10.6 Å². The number of rotatable bonds is 16. The van der Waals surface area contributed by atoms with Crippen molar-refractivity contribution in [2.45, 2.75) is 56.7 Å². The van der Waals surface area contributed by atoms with E-state index in [0.717, 1.165) is 0 Å². The highest BCUT2D eigenvalue weighted by Gasteiger charge is 2.29. The molecule has 0 rings (SSSR count). The fourth-order valence-electron chi connectivity index (χ4n) is 2.36. The lowest BCUT2D eigenvalue weighted by Gasteiger charge is -2.23. The van der Waals surface area contributed by atoms with Crippen molar-refractivity contribution in [1.29, 1.82) is 0 Å². The Kier molecular flexibility index (Phi) is 12.6. The van der Waals surface area contributed by atoms with Crippen LogP contribution in [0.2, 0.25) is 0 Å². The van der Waals surface area contributed by atoms with Gasteiger partial charge in [-0.2, -0.15) is 0 Å². The summed E-state index contributed by atoms with van der Waals surface area (Å²) < 4.78 is 0. The molecule has 180 valence electrons. The number of carboxylic acids is 2. The molecule has 0 radical (unpaired) electrons. The molecule has 3 atom stereocenters. The molecule has 0 aromatic heterocycles. The molecule has 15 heteroatoms. The SMILES string of the molecule is NC(=O)CCC(N)C(=O)NC(CCC(N)=O)C(=O)NC(CCC(=O)O)C(=O)NCC(=O)O. The minimum absolute atomic E-state index is 0.107. The van der Waals surface area contributed by atoms with Crippen molar-refractivity contribution in [3.05, 3.63) is 0 Å². The van der Waals surface area contributed by atoms with E-state index in [1.807, 2.05) is 5.32 Å². The van der Waals surface area contributed by atoms with Crippen LogP contribution in [0, 0.1) is 0 Å². The third-order valence-corrected chi connectivity index (χ3v) is 4.04. The first kappa shape index (κ1) is 28.2. The van der Waals surface area contributed by atoms with Gasteiger partial charge in [0.2, 0.25) is 29.5 Å². The summed E-state index contributed by atoms with van der Waals surface area (Å²) in [4.78, 5) is 80.4. The number of hydrogen-bond acceptors (Lipinski definition) is 8. The highest BCUT2D eigenvalue weighted by atomic mass is 16.4. The number of hydrogen-bond donors (Lipinski definition) is 8. The molecule has 32 heavy (non-hydrogen) atoms. The Hall–Kier alpha value is -3.75. The zero-order valence-electron chi connectivity index (χ0n) is 17.2. The van der Waals surface area contributed by atoms with Crippen LogP contribution in [0.5, 0.6) is 0 Å². The van der Waals surface area contributed by atoms with Crippen molar-refractivity contribution >= 4 is 41.5 Å². The predicted molar refractivity (Wildman–Crippen MR) is 106 cm³/mol. The van der Waals surface area contributed by atoms with Crippen LogP contribution in [0.1, 0.15) is 38.5 Å². The Labute approximate surface area is 182 Å². The molecule has 5 amide bonds. The molecule has 0 aromatic rings. The molecule has 11 N–H and O–H groups in total. The maximum atomic E-state index is 12.6. The van der Waals surface area contributed by atoms with Crippen molar-refractivity contribution in [2.75, 3.05) is 6.54 Å². The van der Waals surface area contributed by atoms with E-state index in [0.29, 0.717) is 0 Å². The molecule has 0 aliphatic carbocycles. The van der Waals surface area contributed by atoms with Crippen LogP contribution in [-0.4, -0.2) is 76.4 Å². The summed E-state index contributed by atoms with van der Waals surface area (Å²) in [6, 6.07) is -4.02. The molecule has 0 aromatic carbocycles. The molecule has 0 bridgehead atoms. The minimum Gasteiger partial charge on any atom is -0.481 e. The van der Waals surface area contributed by atoms with Crippen LogP contribution in [-0.2, 0) is 33.6 Å². The highest BCUT2D eigenvalue weighted by molar-refractivity contribution is 5.94. The second-order valence-electron chi connectivity index (χ2n) is 6.78. The monoisotopic (exact) mass is 460 g/mol. The summed E-state index contributed by atoms with van der Waals surface area (Å²) in [5.74, 6) is -6.86. The number of nitrogens with one attached hydrogen (secondary N) is 3. The molecule has 3 unspecified atom stereocenters. The van der Waals surface area contributed by atoms with Crippen molar-refractivity contribution in [3.8, 4) is 0 Å². The number of carbonyl (C=O) groups is 7. The Balaban J connectivity index is 5.34. The summed E-state index contributed by atoms with van der Waals surface area (Å²) in [6.45, 7) is -0.769. The third kappa shape index (κ3) is 12.7. The van der Waals surface area contributed by atoms with E-state index in [4.69, 9.17) is 27.4 Å². The van der Waals surface area contributed by atoms with Crippen molar-refractivity contribution in [3.63, 3.8) is 0 Å². The summed E-state index contributed by atoms with van der Waals surface area (Å²) in [5.41, 5.74) is 15.7. The van der Waals surface area contributed by atoms with E-state index in [9.17, 15) is 33.6 Å². The summed E-state index contributed by atoms with van der Waals surface area (Å²) in [7, 11) is 0. The molecule has 0 aliphatic rings. The fourth-order valence-corrected chi connectivity index (χ4v) is 2.36. The molecule has 0 saturated carbocycles. The lowest BCUT2D eigenvalue weighted by Crippen LogP contribution is -2.56. The fraction of sp³-hybridized carbons (Fsp3) is 0.588. The van der Waals surface area contributed by atoms with Gasteiger partial charge in [0.15, 0.2) is 0 Å². The maximum absolute atomic E-state index is 12.6. The maximum Gasteiger partial charge on any atom is 0.322 e. The number of amides is 5. The van der Waals surface area contributed by atoms with Gasteiger partial charge in [-0.1, -0.05) is 0 Å². The van der Waals surface area contributed by atoms with E-state index in [1.54, 1.807) is 0 Å². The van der Waals surface area contributed by atoms with Gasteiger partial charge in [0.1, 0.15) is 18.6 Å². The molecular weight excluding hydrogens is 432 g/mol. The third-order valence-electron chi connectivity index (χ3n) is 4.04. The number of nitrogens with two attached hydrogens (primary N) is 3. The minimum atomic E-state index is -1.44. The highest BCUT2D eigenvalue weighted by Crippen LogP contribution is 2.04. The van der Waals surface area contributed by atoms with E-state index < -0.39 is 72.6 Å². The molecular formula is C17H28N6O9. The standard InChI is InChI=1S/C17H28N6O9/c18-8(1-4-11(19)24)15(30)22-10(2-5-12(20)25)17(32)23-9(3-6-13(26)27)16(31)21-7-14(28)29/h8-10H,1-7,18H2,(H2,19,24)(H2,20,25)(H,21,31)(H,22,30)(H,23,32)(H,26,27)(H,28,29). The first-order chi connectivity index (χ1) is 14.8. The average molecular weight is 460 g/mol. The van der Waals surface area contributed by atoms with Gasteiger partial charge in [0.05, 0.1) is 6.04 Å². The molecule has 0 saturated heterocycles. The smallest absolute Gasteiger partial charge is 0.322 e. The van der Waals surface area contributed by atoms with Crippen LogP contribution in [0.15, 0.2) is 0 Å². The normalized spacial score (nSPS) is 13.2. The molecule has 0 fully saturated rings. The zero-order chi connectivity index (χ0) is 24.8. The molecule has 15 nitrogen and oxygen atoms in total. The van der Waals surface area contributed by atoms with E-state index >= 15 is 0 Å². The van der Waals surface area contributed by atoms with Gasteiger partial charge in [-0.25, -0.2) is 0 Å². The Morgan fingerprint density at radius 1 is 0.656 bits per heavy atom.